The number of hydrogen-bond donors (Lipinski definition) is 2. The summed E-state index contributed by atoms with van der Waals surface area (Å²) in [6, 6.07) is 0. The first-order chi connectivity index (χ1) is 9.06. The molecule has 0 bridgehead atoms. The largest absolute Gasteiger partial charge is 0.394 e. The van der Waals surface area contributed by atoms with E-state index in [9.17, 15) is 0 Å². The molecular weight excluding hydrogens is 383 g/mol. The van der Waals surface area contributed by atoms with Crippen LogP contribution in [-0.4, -0.2) is 32.4 Å². The number of rotatable bonds is 5. The molecule has 0 aliphatic rings. The first-order valence-electron chi connectivity index (χ1n) is 5.76. The molecule has 2 heterocycles. The van der Waals surface area contributed by atoms with Crippen LogP contribution in [0, 0.1) is 3.57 Å². The number of halogens is 2. The molecule has 19 heavy (non-hydrogen) atoms. The van der Waals surface area contributed by atoms with Crippen molar-refractivity contribution < 1.29 is 9.84 Å². The van der Waals surface area contributed by atoms with E-state index in [0.717, 1.165) is 15.4 Å². The molecule has 0 aliphatic carbocycles. The minimum absolute atomic E-state index is 0.00925. The summed E-state index contributed by atoms with van der Waals surface area (Å²) in [7, 11) is 0. The van der Waals surface area contributed by atoms with Crippen molar-refractivity contribution in [1.82, 2.24) is 14.5 Å². The quantitative estimate of drug-likeness (QED) is 0.596. The molecule has 1 atom stereocenters. The lowest BCUT2D eigenvalue weighted by Crippen LogP contribution is -2.18. The summed E-state index contributed by atoms with van der Waals surface area (Å²) in [6.45, 7) is 2.23. The summed E-state index contributed by atoms with van der Waals surface area (Å²) in [4.78, 5) is 8.12. The molecule has 8 heteroatoms. The van der Waals surface area contributed by atoms with Gasteiger partial charge >= 0.3 is 0 Å². The van der Waals surface area contributed by atoms with Crippen molar-refractivity contribution in [2.45, 2.75) is 26.2 Å². The highest BCUT2D eigenvalue weighted by molar-refractivity contribution is 14.1. The zero-order valence-electron chi connectivity index (χ0n) is 10.3. The van der Waals surface area contributed by atoms with Crippen LogP contribution in [0.25, 0.3) is 11.0 Å². The molecular formula is C11H14ClIN4O2. The fourth-order valence-corrected chi connectivity index (χ4v) is 2.96. The second kappa shape index (κ2) is 6.21. The van der Waals surface area contributed by atoms with Gasteiger partial charge in [0.1, 0.15) is 17.5 Å². The third-order valence-corrected chi connectivity index (χ3v) is 3.84. The Morgan fingerprint density at radius 1 is 1.58 bits per heavy atom. The van der Waals surface area contributed by atoms with Crippen molar-refractivity contribution in [3.63, 3.8) is 0 Å². The molecule has 0 aromatic carbocycles. The van der Waals surface area contributed by atoms with E-state index >= 15 is 0 Å². The van der Waals surface area contributed by atoms with E-state index < -0.39 is 0 Å². The average molecular weight is 397 g/mol. The number of aliphatic hydroxyl groups is 1. The van der Waals surface area contributed by atoms with Crippen LogP contribution in [0.5, 0.6) is 0 Å². The second-order valence-electron chi connectivity index (χ2n) is 4.03. The molecule has 6 nitrogen and oxygen atoms in total. The SMILES string of the molecule is CC[C@@H](CO)OCn1cc(I)c2c(Cl)nc(N)nc21. The average Bonchev–Trinajstić information content (AvgIpc) is 2.67. The summed E-state index contributed by atoms with van der Waals surface area (Å²) in [5.74, 6) is 0.127. The van der Waals surface area contributed by atoms with Gasteiger partial charge in [0.2, 0.25) is 5.95 Å². The van der Waals surface area contributed by atoms with Crippen molar-refractivity contribution in [2.24, 2.45) is 0 Å². The first kappa shape index (κ1) is 14.8. The van der Waals surface area contributed by atoms with Gasteiger partial charge in [0.25, 0.3) is 0 Å². The summed E-state index contributed by atoms with van der Waals surface area (Å²) in [5, 5.41) is 10.2. The van der Waals surface area contributed by atoms with Crippen LogP contribution in [0.2, 0.25) is 5.15 Å². The topological polar surface area (TPSA) is 86.2 Å². The van der Waals surface area contributed by atoms with Gasteiger partial charge < -0.3 is 20.1 Å². The number of aromatic nitrogens is 3. The molecule has 2 aromatic rings. The molecule has 2 rings (SSSR count). The maximum absolute atomic E-state index is 9.11. The highest BCUT2D eigenvalue weighted by Crippen LogP contribution is 2.28. The molecule has 0 unspecified atom stereocenters. The maximum Gasteiger partial charge on any atom is 0.223 e. The van der Waals surface area contributed by atoms with E-state index in [4.69, 9.17) is 27.2 Å². The van der Waals surface area contributed by atoms with Crippen LogP contribution >= 0.6 is 34.2 Å². The van der Waals surface area contributed by atoms with Crippen molar-refractivity contribution in [3.05, 3.63) is 14.9 Å². The maximum atomic E-state index is 9.11. The standard InChI is InChI=1S/C11H14ClIN4O2/c1-2-6(4-18)19-5-17-3-7(13)8-9(12)15-11(14)16-10(8)17/h3,6,18H,2,4-5H2,1H3,(H2,14,15,16)/t6-/m0/s1. The molecule has 3 N–H and O–H groups in total. The minimum atomic E-state index is -0.190. The van der Waals surface area contributed by atoms with Gasteiger partial charge in [-0.3, -0.25) is 0 Å². The van der Waals surface area contributed by atoms with Gasteiger partial charge in [0, 0.05) is 9.77 Å². The van der Waals surface area contributed by atoms with Gasteiger partial charge in [-0.25, -0.2) is 4.98 Å². The summed E-state index contributed by atoms with van der Waals surface area (Å²) in [6.07, 6.45) is 2.42. The second-order valence-corrected chi connectivity index (χ2v) is 5.55. The number of nitrogens with two attached hydrogens (primary N) is 1. The van der Waals surface area contributed by atoms with Gasteiger partial charge in [0.05, 0.1) is 18.1 Å². The first-order valence-corrected chi connectivity index (χ1v) is 7.22. The van der Waals surface area contributed by atoms with Crippen molar-refractivity contribution in [3.8, 4) is 0 Å². The van der Waals surface area contributed by atoms with Crippen molar-refractivity contribution >= 4 is 51.2 Å². The van der Waals surface area contributed by atoms with Gasteiger partial charge in [-0.2, -0.15) is 4.98 Å². The highest BCUT2D eigenvalue weighted by atomic mass is 127. The monoisotopic (exact) mass is 396 g/mol. The molecule has 0 saturated heterocycles. The van der Waals surface area contributed by atoms with E-state index in [2.05, 4.69) is 32.6 Å². The summed E-state index contributed by atoms with van der Waals surface area (Å²) < 4.78 is 8.33. The van der Waals surface area contributed by atoms with Gasteiger partial charge in [-0.1, -0.05) is 18.5 Å². The number of nitrogens with zero attached hydrogens (tertiary/aromatic N) is 3. The molecule has 0 aliphatic heterocycles. The van der Waals surface area contributed by atoms with E-state index in [-0.39, 0.29) is 25.4 Å². The molecule has 0 radical (unpaired) electrons. The zero-order chi connectivity index (χ0) is 14.0. The van der Waals surface area contributed by atoms with Gasteiger partial charge in [-0.05, 0) is 29.0 Å². The number of nitrogen functional groups attached to an aromatic ring is 1. The Morgan fingerprint density at radius 2 is 2.32 bits per heavy atom. The van der Waals surface area contributed by atoms with Crippen LogP contribution in [0.15, 0.2) is 6.20 Å². The third-order valence-electron chi connectivity index (χ3n) is 2.75. The Labute approximate surface area is 129 Å². The minimum Gasteiger partial charge on any atom is -0.394 e. The van der Waals surface area contributed by atoms with Gasteiger partial charge in [0.15, 0.2) is 0 Å². The molecule has 0 saturated carbocycles. The lowest BCUT2D eigenvalue weighted by molar-refractivity contribution is -0.0237. The Hall–Kier alpha value is -0.640. The van der Waals surface area contributed by atoms with E-state index in [1.807, 2.05) is 13.1 Å². The lowest BCUT2D eigenvalue weighted by Gasteiger charge is -2.14. The number of hydrogen-bond acceptors (Lipinski definition) is 5. The van der Waals surface area contributed by atoms with Crippen LogP contribution < -0.4 is 5.73 Å². The Balaban J connectivity index is 2.34. The predicted octanol–water partition coefficient (Wildman–Crippen LogP) is 2.02. The Morgan fingerprint density at radius 3 is 2.95 bits per heavy atom. The normalized spacial score (nSPS) is 13.1. The number of anilines is 1. The zero-order valence-corrected chi connectivity index (χ0v) is 13.2. The number of fused-ring (bicyclic) bond motifs is 1. The Bertz CT molecular complexity index is 586. The lowest BCUT2D eigenvalue weighted by atomic mass is 10.3. The smallest absolute Gasteiger partial charge is 0.223 e. The predicted molar refractivity (Wildman–Crippen MR) is 81.9 cm³/mol. The number of ether oxygens (including phenoxy) is 1. The molecule has 2 aromatic heterocycles. The fourth-order valence-electron chi connectivity index (χ4n) is 1.70. The highest BCUT2D eigenvalue weighted by Gasteiger charge is 2.14. The molecule has 0 amide bonds. The number of aliphatic hydroxyl groups excluding tert-OH is 1. The molecule has 104 valence electrons. The van der Waals surface area contributed by atoms with E-state index in [0.29, 0.717) is 10.8 Å². The third kappa shape index (κ3) is 3.10. The van der Waals surface area contributed by atoms with Crippen LogP contribution in [-0.2, 0) is 11.5 Å². The van der Waals surface area contributed by atoms with Crippen molar-refractivity contribution in [1.29, 1.82) is 0 Å². The molecule has 0 fully saturated rings. The van der Waals surface area contributed by atoms with Crippen LogP contribution in [0.1, 0.15) is 13.3 Å². The molecule has 0 spiro atoms. The summed E-state index contributed by atoms with van der Waals surface area (Å²) >= 11 is 8.23. The Kier molecular flexibility index (Phi) is 4.82. The van der Waals surface area contributed by atoms with Crippen LogP contribution in [0.3, 0.4) is 0 Å². The van der Waals surface area contributed by atoms with Gasteiger partial charge in [-0.15, -0.1) is 0 Å². The van der Waals surface area contributed by atoms with E-state index in [1.54, 1.807) is 4.57 Å². The van der Waals surface area contributed by atoms with Crippen LogP contribution in [0.4, 0.5) is 5.95 Å². The van der Waals surface area contributed by atoms with E-state index in [1.165, 1.54) is 0 Å². The van der Waals surface area contributed by atoms with Crippen molar-refractivity contribution in [2.75, 3.05) is 12.3 Å². The fraction of sp³-hybridized carbons (Fsp3) is 0.455. The summed E-state index contributed by atoms with van der Waals surface area (Å²) in [5.41, 5.74) is 6.24.